The molecule has 0 unspecified atom stereocenters. The number of carbonyl (C=O) groups excluding carboxylic acids is 2. The lowest BCUT2D eigenvalue weighted by Gasteiger charge is -2.31. The van der Waals surface area contributed by atoms with Crippen LogP contribution in [0.2, 0.25) is 0 Å². The van der Waals surface area contributed by atoms with Crippen LogP contribution in [0.25, 0.3) is 10.9 Å². The topological polar surface area (TPSA) is 141 Å². The van der Waals surface area contributed by atoms with Gasteiger partial charge in [0.2, 0.25) is 5.91 Å². The van der Waals surface area contributed by atoms with Gasteiger partial charge in [-0.05, 0) is 42.7 Å². The van der Waals surface area contributed by atoms with Crippen LogP contribution in [-0.4, -0.2) is 52.2 Å². The van der Waals surface area contributed by atoms with Crippen LogP contribution < -0.4 is 10.6 Å². The quantitative estimate of drug-likeness (QED) is 0.384. The Morgan fingerprint density at radius 2 is 1.94 bits per heavy atom. The minimum absolute atomic E-state index is 0.00976. The number of phenolic OH excluding ortho intramolecular Hbond substituents is 1. The Labute approximate surface area is 183 Å². The monoisotopic (exact) mass is 437 g/mol. The van der Waals surface area contributed by atoms with Gasteiger partial charge in [0.15, 0.2) is 0 Å². The number of aromatic amines is 1. The first-order valence-corrected chi connectivity index (χ1v) is 10.1. The predicted molar refractivity (Wildman–Crippen MR) is 115 cm³/mol. The maximum Gasteiger partial charge on any atom is 0.341 e. The highest BCUT2D eigenvalue weighted by Gasteiger charge is 2.35. The minimum Gasteiger partial charge on any atom is -0.507 e. The number of para-hydroxylation sites is 1. The molecule has 9 nitrogen and oxygen atoms in total. The number of methoxy groups -OCH3 is 1. The molecule has 0 bridgehead atoms. The normalized spacial score (nSPS) is 18.6. The molecule has 1 aliphatic rings. The summed E-state index contributed by atoms with van der Waals surface area (Å²) in [6, 6.07) is 10.0. The first-order chi connectivity index (χ1) is 15.3. The van der Waals surface area contributed by atoms with Crippen LogP contribution in [0.5, 0.6) is 5.75 Å². The van der Waals surface area contributed by atoms with Gasteiger partial charge in [-0.2, -0.15) is 0 Å². The number of fused-ring (bicyclic) bond motifs is 3. The number of carboxylic acid groups (broad SMARTS) is 1. The fourth-order valence-corrected chi connectivity index (χ4v) is 4.05. The Morgan fingerprint density at radius 3 is 2.66 bits per heavy atom. The Hall–Kier alpha value is -3.85. The van der Waals surface area contributed by atoms with Gasteiger partial charge in [-0.25, -0.2) is 4.79 Å². The van der Waals surface area contributed by atoms with Crippen molar-refractivity contribution in [2.45, 2.75) is 31.5 Å². The molecule has 2 heterocycles. The van der Waals surface area contributed by atoms with E-state index in [1.165, 1.54) is 26.2 Å². The van der Waals surface area contributed by atoms with E-state index in [0.717, 1.165) is 22.2 Å². The fraction of sp³-hybridized carbons (Fsp3) is 0.261. The number of ether oxygens (including phenoxy) is 1. The van der Waals surface area contributed by atoms with E-state index >= 15 is 0 Å². The molecule has 1 amide bonds. The van der Waals surface area contributed by atoms with E-state index in [4.69, 9.17) is 9.84 Å². The number of rotatable bonds is 5. The molecule has 0 saturated heterocycles. The van der Waals surface area contributed by atoms with Crippen LogP contribution in [0.4, 0.5) is 0 Å². The number of phenols is 1. The Bertz CT molecular complexity index is 1220. The SMILES string of the molecule is COC(=O)c1cc([C@H]2N[C@H](C(=O)N[C@@H](C)C(=O)O)Cc3c2[nH]c2ccccc32)ccc1O. The van der Waals surface area contributed by atoms with Gasteiger partial charge in [-0.15, -0.1) is 0 Å². The predicted octanol–water partition coefficient (Wildman–Crippen LogP) is 1.85. The number of benzene rings is 2. The number of hydrogen-bond acceptors (Lipinski definition) is 6. The third-order valence-electron chi connectivity index (χ3n) is 5.72. The van der Waals surface area contributed by atoms with Gasteiger partial charge in [-0.3, -0.25) is 14.9 Å². The molecule has 0 aliphatic carbocycles. The van der Waals surface area contributed by atoms with Crippen molar-refractivity contribution < 1.29 is 29.3 Å². The smallest absolute Gasteiger partial charge is 0.341 e. The number of amides is 1. The van der Waals surface area contributed by atoms with Crippen molar-refractivity contribution in [1.29, 1.82) is 0 Å². The van der Waals surface area contributed by atoms with Crippen molar-refractivity contribution in [1.82, 2.24) is 15.6 Å². The zero-order valence-electron chi connectivity index (χ0n) is 17.5. The minimum atomic E-state index is -1.13. The lowest BCUT2D eigenvalue weighted by Crippen LogP contribution is -2.53. The molecule has 5 N–H and O–H groups in total. The highest BCUT2D eigenvalue weighted by Crippen LogP contribution is 2.36. The molecule has 0 radical (unpaired) electrons. The van der Waals surface area contributed by atoms with Crippen LogP contribution in [0.3, 0.4) is 0 Å². The highest BCUT2D eigenvalue weighted by atomic mass is 16.5. The average molecular weight is 437 g/mol. The lowest BCUT2D eigenvalue weighted by molar-refractivity contribution is -0.141. The van der Waals surface area contributed by atoms with E-state index in [2.05, 4.69) is 15.6 Å². The van der Waals surface area contributed by atoms with Crippen LogP contribution in [0.15, 0.2) is 42.5 Å². The zero-order chi connectivity index (χ0) is 23.0. The van der Waals surface area contributed by atoms with E-state index in [-0.39, 0.29) is 11.3 Å². The maximum absolute atomic E-state index is 12.9. The number of aromatic nitrogens is 1. The van der Waals surface area contributed by atoms with Gasteiger partial charge in [0.25, 0.3) is 0 Å². The molecule has 4 rings (SSSR count). The van der Waals surface area contributed by atoms with E-state index in [1.54, 1.807) is 6.07 Å². The van der Waals surface area contributed by atoms with Crippen molar-refractivity contribution in [2.75, 3.05) is 7.11 Å². The Morgan fingerprint density at radius 1 is 1.19 bits per heavy atom. The third-order valence-corrected chi connectivity index (χ3v) is 5.72. The summed E-state index contributed by atoms with van der Waals surface area (Å²) in [5.41, 5.74) is 3.31. The number of esters is 1. The van der Waals surface area contributed by atoms with Crippen molar-refractivity contribution >= 4 is 28.7 Å². The highest BCUT2D eigenvalue weighted by molar-refractivity contribution is 5.93. The van der Waals surface area contributed by atoms with Crippen LogP contribution in [0.1, 0.15) is 40.1 Å². The van der Waals surface area contributed by atoms with Crippen LogP contribution in [-0.2, 0) is 20.7 Å². The molecule has 0 spiro atoms. The summed E-state index contributed by atoms with van der Waals surface area (Å²) >= 11 is 0. The van der Waals surface area contributed by atoms with Crippen molar-refractivity contribution in [3.05, 3.63) is 64.8 Å². The zero-order valence-corrected chi connectivity index (χ0v) is 17.5. The molecular weight excluding hydrogens is 414 g/mol. The van der Waals surface area contributed by atoms with Gasteiger partial charge in [0.1, 0.15) is 17.4 Å². The summed E-state index contributed by atoms with van der Waals surface area (Å²) < 4.78 is 4.76. The van der Waals surface area contributed by atoms with Crippen molar-refractivity contribution in [3.63, 3.8) is 0 Å². The number of carboxylic acids is 1. The van der Waals surface area contributed by atoms with Crippen LogP contribution >= 0.6 is 0 Å². The van der Waals surface area contributed by atoms with Gasteiger partial charge < -0.3 is 25.3 Å². The van der Waals surface area contributed by atoms with Crippen molar-refractivity contribution in [3.8, 4) is 5.75 Å². The van der Waals surface area contributed by atoms with Gasteiger partial charge >= 0.3 is 11.9 Å². The molecule has 0 saturated carbocycles. The Balaban J connectivity index is 1.79. The van der Waals surface area contributed by atoms with E-state index < -0.39 is 36.0 Å². The summed E-state index contributed by atoms with van der Waals surface area (Å²) in [5, 5.41) is 26.0. The van der Waals surface area contributed by atoms with E-state index in [9.17, 15) is 19.5 Å². The number of carbonyl (C=O) groups is 3. The summed E-state index contributed by atoms with van der Waals surface area (Å²) in [7, 11) is 1.23. The second-order valence-corrected chi connectivity index (χ2v) is 7.76. The molecule has 1 aliphatic heterocycles. The van der Waals surface area contributed by atoms with Gasteiger partial charge in [0.05, 0.1) is 19.2 Å². The molecule has 0 fully saturated rings. The molecular formula is C23H23N3O6. The third kappa shape index (κ3) is 3.78. The Kier molecular flexibility index (Phi) is 5.58. The van der Waals surface area contributed by atoms with Gasteiger partial charge in [0, 0.05) is 16.6 Å². The molecule has 3 aromatic rings. The second-order valence-electron chi connectivity index (χ2n) is 7.76. The number of aliphatic carboxylic acids is 1. The summed E-state index contributed by atoms with van der Waals surface area (Å²) in [5.74, 6) is -2.45. The summed E-state index contributed by atoms with van der Waals surface area (Å²) in [6.45, 7) is 1.40. The lowest BCUT2D eigenvalue weighted by atomic mass is 9.89. The number of hydrogen-bond donors (Lipinski definition) is 5. The van der Waals surface area contributed by atoms with E-state index in [0.29, 0.717) is 12.0 Å². The molecule has 2 aromatic carbocycles. The second kappa shape index (κ2) is 8.35. The summed E-state index contributed by atoms with van der Waals surface area (Å²) in [4.78, 5) is 39.5. The first-order valence-electron chi connectivity index (χ1n) is 10.1. The first kappa shape index (κ1) is 21.4. The van der Waals surface area contributed by atoms with Crippen LogP contribution in [0, 0.1) is 0 Å². The number of aromatic hydroxyl groups is 1. The number of H-pyrrole nitrogens is 1. The van der Waals surface area contributed by atoms with Crippen molar-refractivity contribution in [2.24, 2.45) is 0 Å². The number of nitrogens with one attached hydrogen (secondary N) is 3. The molecule has 32 heavy (non-hydrogen) atoms. The van der Waals surface area contributed by atoms with Gasteiger partial charge in [-0.1, -0.05) is 24.3 Å². The van der Waals surface area contributed by atoms with E-state index in [1.807, 2.05) is 24.3 Å². The fourth-order valence-electron chi connectivity index (χ4n) is 4.05. The largest absolute Gasteiger partial charge is 0.507 e. The molecule has 1 aromatic heterocycles. The standard InChI is InChI=1S/C23H23N3O6/c1-11(22(29)30)24-21(28)17-10-14-13-5-3-4-6-16(13)25-20(14)19(26-17)12-7-8-18(27)15(9-12)23(31)32-2/h3-9,11,17,19,25-27H,10H2,1-2H3,(H,24,28)(H,29,30)/t11-,17-,19+/m0/s1. The summed E-state index contributed by atoms with van der Waals surface area (Å²) in [6.07, 6.45) is 0.357. The average Bonchev–Trinajstić information content (AvgIpc) is 3.17. The molecule has 166 valence electrons. The molecule has 9 heteroatoms. The maximum atomic E-state index is 12.9. The molecule has 3 atom stereocenters.